The molecule has 0 bridgehead atoms. The smallest absolute Gasteiger partial charge is 0.319 e. The van der Waals surface area contributed by atoms with E-state index >= 15 is 0 Å². The van der Waals surface area contributed by atoms with Crippen LogP contribution in [0.25, 0.3) is 0 Å². The fourth-order valence-corrected chi connectivity index (χ4v) is 1.05. The predicted octanol–water partition coefficient (Wildman–Crippen LogP) is -0.140. The fourth-order valence-electron chi connectivity index (χ4n) is 1.05. The number of H-pyrrole nitrogens is 1. The third-order valence-corrected chi connectivity index (χ3v) is 1.70. The molecule has 0 saturated carbocycles. The lowest BCUT2D eigenvalue weighted by atomic mass is 9.93. The maximum Gasteiger partial charge on any atom is 0.438 e. The molecule has 1 heterocycles. The second kappa shape index (κ2) is 3.10. The first-order valence-corrected chi connectivity index (χ1v) is 3.77. The van der Waals surface area contributed by atoms with Gasteiger partial charge in [0.1, 0.15) is 0 Å². The lowest BCUT2D eigenvalue weighted by molar-refractivity contribution is 0.362. The Labute approximate surface area is 70.2 Å². The van der Waals surface area contributed by atoms with E-state index in [-0.39, 0.29) is 5.41 Å². The third-order valence-electron chi connectivity index (χ3n) is 1.70. The van der Waals surface area contributed by atoms with Gasteiger partial charge in [0.25, 0.3) is 0 Å². The molecule has 0 spiro atoms. The van der Waals surface area contributed by atoms with Crippen LogP contribution in [0.15, 0.2) is 9.32 Å². The van der Waals surface area contributed by atoms with E-state index < -0.39 is 5.76 Å². The average molecular weight is 171 g/mol. The van der Waals surface area contributed by atoms with Gasteiger partial charge in [0, 0.05) is 12.0 Å². The van der Waals surface area contributed by atoms with Gasteiger partial charge < -0.3 is 5.32 Å². The summed E-state index contributed by atoms with van der Waals surface area (Å²) >= 11 is 0. The van der Waals surface area contributed by atoms with Crippen LogP contribution >= 0.6 is 0 Å². The summed E-state index contributed by atoms with van der Waals surface area (Å²) < 4.78 is 4.41. The molecule has 0 fully saturated rings. The Balaban J connectivity index is 2.88. The van der Waals surface area contributed by atoms with Crippen LogP contribution in [-0.2, 0) is 5.41 Å². The molecule has 0 aliphatic heterocycles. The van der Waals surface area contributed by atoms with Crippen LogP contribution < -0.4 is 11.1 Å². The Morgan fingerprint density at radius 1 is 1.67 bits per heavy atom. The van der Waals surface area contributed by atoms with Gasteiger partial charge >= 0.3 is 5.76 Å². The van der Waals surface area contributed by atoms with E-state index in [4.69, 9.17) is 0 Å². The molecule has 5 nitrogen and oxygen atoms in total. The van der Waals surface area contributed by atoms with Gasteiger partial charge in [-0.05, 0) is 7.05 Å². The number of nitrogens with zero attached hydrogens (tertiary/aromatic N) is 1. The van der Waals surface area contributed by atoms with Crippen LogP contribution in [0.4, 0.5) is 0 Å². The van der Waals surface area contributed by atoms with Gasteiger partial charge in [-0.2, -0.15) is 0 Å². The summed E-state index contributed by atoms with van der Waals surface area (Å²) in [4.78, 5) is 13.2. The van der Waals surface area contributed by atoms with Crippen LogP contribution in [-0.4, -0.2) is 23.7 Å². The van der Waals surface area contributed by atoms with Crippen LogP contribution in [0, 0.1) is 0 Å². The second-order valence-corrected chi connectivity index (χ2v) is 3.36. The van der Waals surface area contributed by atoms with Crippen molar-refractivity contribution >= 4 is 0 Å². The summed E-state index contributed by atoms with van der Waals surface area (Å²) in [5, 5.41) is 6.64. The van der Waals surface area contributed by atoms with Crippen molar-refractivity contribution in [1.29, 1.82) is 0 Å². The van der Waals surface area contributed by atoms with Gasteiger partial charge in [-0.1, -0.05) is 19.0 Å². The highest BCUT2D eigenvalue weighted by atomic mass is 16.5. The van der Waals surface area contributed by atoms with Crippen molar-refractivity contribution in [3.63, 3.8) is 0 Å². The van der Waals surface area contributed by atoms with E-state index in [1.807, 2.05) is 20.9 Å². The minimum Gasteiger partial charge on any atom is -0.319 e. The van der Waals surface area contributed by atoms with Crippen LogP contribution in [0.3, 0.4) is 0 Å². The zero-order valence-electron chi connectivity index (χ0n) is 7.47. The number of hydrogen-bond acceptors (Lipinski definition) is 4. The first-order valence-electron chi connectivity index (χ1n) is 3.77. The molecule has 68 valence electrons. The second-order valence-electron chi connectivity index (χ2n) is 3.36. The molecular weight excluding hydrogens is 158 g/mol. The summed E-state index contributed by atoms with van der Waals surface area (Å²) in [6.45, 7) is 4.67. The third kappa shape index (κ3) is 1.73. The normalized spacial score (nSPS) is 11.9. The number of aromatic amines is 1. The SMILES string of the molecule is CNCC(C)(C)c1noc(=O)[nH]1. The fraction of sp³-hybridized carbons (Fsp3) is 0.714. The number of likely N-dealkylation sites (N-methyl/N-ethyl adjacent to an activating group) is 1. The Kier molecular flexibility index (Phi) is 2.32. The van der Waals surface area contributed by atoms with E-state index in [9.17, 15) is 4.79 Å². The quantitative estimate of drug-likeness (QED) is 0.664. The molecule has 0 aromatic carbocycles. The lowest BCUT2D eigenvalue weighted by Gasteiger charge is -2.19. The topological polar surface area (TPSA) is 70.9 Å². The van der Waals surface area contributed by atoms with E-state index in [1.54, 1.807) is 0 Å². The van der Waals surface area contributed by atoms with E-state index in [0.29, 0.717) is 5.82 Å². The van der Waals surface area contributed by atoms with Crippen molar-refractivity contribution in [2.75, 3.05) is 13.6 Å². The largest absolute Gasteiger partial charge is 0.438 e. The van der Waals surface area contributed by atoms with E-state index in [0.717, 1.165) is 6.54 Å². The molecule has 2 N–H and O–H groups in total. The standard InChI is InChI=1S/C7H13N3O2/c1-7(2,4-8-3)5-9-6(11)12-10-5/h8H,4H2,1-3H3,(H,9,10,11). The lowest BCUT2D eigenvalue weighted by Crippen LogP contribution is -2.32. The first-order chi connectivity index (χ1) is 5.56. The Hall–Kier alpha value is -1.10. The number of rotatable bonds is 3. The molecule has 0 amide bonds. The highest BCUT2D eigenvalue weighted by Gasteiger charge is 2.24. The van der Waals surface area contributed by atoms with Crippen molar-refractivity contribution in [3.8, 4) is 0 Å². The van der Waals surface area contributed by atoms with Gasteiger partial charge in [-0.25, -0.2) is 4.79 Å². The van der Waals surface area contributed by atoms with Crippen LogP contribution in [0.1, 0.15) is 19.7 Å². The zero-order valence-corrected chi connectivity index (χ0v) is 7.47. The summed E-state index contributed by atoms with van der Waals surface area (Å²) in [6, 6.07) is 0. The molecule has 0 atom stereocenters. The number of aromatic nitrogens is 2. The monoisotopic (exact) mass is 171 g/mol. The van der Waals surface area contributed by atoms with Crippen molar-refractivity contribution in [1.82, 2.24) is 15.5 Å². The number of hydrogen-bond donors (Lipinski definition) is 2. The van der Waals surface area contributed by atoms with Crippen molar-refractivity contribution in [2.24, 2.45) is 0 Å². The number of nitrogens with one attached hydrogen (secondary N) is 2. The minimum absolute atomic E-state index is 0.207. The highest BCUT2D eigenvalue weighted by molar-refractivity contribution is 5.01. The molecule has 1 aromatic rings. The van der Waals surface area contributed by atoms with Crippen LogP contribution in [0.2, 0.25) is 0 Å². The maximum atomic E-state index is 10.6. The first kappa shape index (κ1) is 8.99. The van der Waals surface area contributed by atoms with Gasteiger partial charge in [-0.15, -0.1) is 0 Å². The van der Waals surface area contributed by atoms with Gasteiger partial charge in [-0.3, -0.25) is 9.51 Å². The van der Waals surface area contributed by atoms with Gasteiger partial charge in [0.05, 0.1) is 0 Å². The molecule has 0 saturated heterocycles. The van der Waals surface area contributed by atoms with E-state index in [2.05, 4.69) is 20.0 Å². The van der Waals surface area contributed by atoms with E-state index in [1.165, 1.54) is 0 Å². The Bertz CT molecular complexity index is 300. The van der Waals surface area contributed by atoms with Crippen molar-refractivity contribution in [3.05, 3.63) is 16.4 Å². The molecule has 0 aliphatic rings. The molecule has 12 heavy (non-hydrogen) atoms. The Morgan fingerprint density at radius 2 is 2.33 bits per heavy atom. The van der Waals surface area contributed by atoms with Crippen LogP contribution in [0.5, 0.6) is 0 Å². The minimum atomic E-state index is -0.505. The van der Waals surface area contributed by atoms with Crippen molar-refractivity contribution < 1.29 is 4.52 Å². The molecule has 0 unspecified atom stereocenters. The van der Waals surface area contributed by atoms with Gasteiger partial charge in [0.2, 0.25) is 0 Å². The maximum absolute atomic E-state index is 10.6. The summed E-state index contributed by atoms with van der Waals surface area (Å²) in [7, 11) is 1.85. The molecule has 0 aliphatic carbocycles. The molecule has 1 rings (SSSR count). The van der Waals surface area contributed by atoms with Crippen molar-refractivity contribution in [2.45, 2.75) is 19.3 Å². The summed E-state index contributed by atoms with van der Waals surface area (Å²) in [6.07, 6.45) is 0. The molecule has 0 radical (unpaired) electrons. The Morgan fingerprint density at radius 3 is 2.75 bits per heavy atom. The molecule has 5 heteroatoms. The average Bonchev–Trinajstić information content (AvgIpc) is 2.36. The summed E-state index contributed by atoms with van der Waals surface area (Å²) in [5.74, 6) is 0.0658. The zero-order chi connectivity index (χ0) is 9.19. The molecule has 1 aromatic heterocycles. The van der Waals surface area contributed by atoms with Gasteiger partial charge in [0.15, 0.2) is 5.82 Å². The highest BCUT2D eigenvalue weighted by Crippen LogP contribution is 2.16. The summed E-state index contributed by atoms with van der Waals surface area (Å²) in [5.41, 5.74) is -0.207. The molecular formula is C7H13N3O2. The predicted molar refractivity (Wildman–Crippen MR) is 44.1 cm³/mol.